The Balaban J connectivity index is 1.72. The Kier molecular flexibility index (Phi) is 5.70. The van der Waals surface area contributed by atoms with E-state index in [0.29, 0.717) is 21.4 Å². The number of thioether (sulfide) groups is 1. The molecule has 0 bridgehead atoms. The molecule has 0 atom stereocenters. The summed E-state index contributed by atoms with van der Waals surface area (Å²) < 4.78 is 10.9. The third-order valence-electron chi connectivity index (χ3n) is 4.85. The van der Waals surface area contributed by atoms with Crippen LogP contribution in [0.1, 0.15) is 11.1 Å². The minimum Gasteiger partial charge on any atom is -0.497 e. The molecule has 1 aliphatic heterocycles. The van der Waals surface area contributed by atoms with E-state index in [9.17, 15) is 9.59 Å². The molecule has 1 heterocycles. The van der Waals surface area contributed by atoms with Gasteiger partial charge in [0.15, 0.2) is 0 Å². The lowest BCUT2D eigenvalue weighted by Gasteiger charge is -2.13. The molecule has 5 nitrogen and oxygen atoms in total. The quantitative estimate of drug-likeness (QED) is 0.474. The Morgan fingerprint density at radius 1 is 1.00 bits per heavy atom. The molecule has 0 aliphatic carbocycles. The van der Waals surface area contributed by atoms with Gasteiger partial charge < -0.3 is 9.47 Å². The maximum absolute atomic E-state index is 13.0. The third-order valence-corrected chi connectivity index (χ3v) is 6.01. The monoisotopic (exact) mass is 439 g/mol. The molecule has 3 aromatic carbocycles. The molecule has 0 N–H and O–H groups in total. The standard InChI is InChI=1S/C23H18ClNO4S/c1-28-17-9-5-15-6-10-20(29-2)19(18(15)11-17)12-21-22(26)25(23(27)30-21)13-14-3-7-16(24)8-4-14/h3-12H,13H2,1-2H3/b21-12-. The summed E-state index contributed by atoms with van der Waals surface area (Å²) in [6.45, 7) is 0.194. The molecule has 2 amide bonds. The normalized spacial score (nSPS) is 15.3. The highest BCUT2D eigenvalue weighted by atomic mass is 35.5. The van der Waals surface area contributed by atoms with E-state index in [-0.39, 0.29) is 17.7 Å². The first-order valence-corrected chi connectivity index (χ1v) is 10.3. The average molecular weight is 440 g/mol. The Morgan fingerprint density at radius 3 is 2.43 bits per heavy atom. The number of rotatable bonds is 5. The van der Waals surface area contributed by atoms with Crippen LogP contribution in [0.25, 0.3) is 16.8 Å². The lowest BCUT2D eigenvalue weighted by Crippen LogP contribution is -2.27. The van der Waals surface area contributed by atoms with Gasteiger partial charge in [-0.1, -0.05) is 35.9 Å². The number of methoxy groups -OCH3 is 2. The fourth-order valence-corrected chi connectivity index (χ4v) is 4.24. The van der Waals surface area contributed by atoms with Gasteiger partial charge in [-0.15, -0.1) is 0 Å². The molecule has 4 rings (SSSR count). The highest BCUT2D eigenvalue weighted by Gasteiger charge is 2.35. The van der Waals surface area contributed by atoms with E-state index in [1.54, 1.807) is 44.6 Å². The van der Waals surface area contributed by atoms with Crippen LogP contribution in [0.2, 0.25) is 5.02 Å². The number of fused-ring (bicyclic) bond motifs is 1. The number of benzene rings is 3. The SMILES string of the molecule is COc1ccc2ccc(OC)c(/C=C3\SC(=O)N(Cc4ccc(Cl)cc4)C3=O)c2c1. The van der Waals surface area contributed by atoms with E-state index in [2.05, 4.69) is 0 Å². The Hall–Kier alpha value is -2.96. The summed E-state index contributed by atoms with van der Waals surface area (Å²) in [5.41, 5.74) is 1.56. The second-order valence-electron chi connectivity index (χ2n) is 6.66. The van der Waals surface area contributed by atoms with Gasteiger partial charge in [0.05, 0.1) is 25.7 Å². The van der Waals surface area contributed by atoms with Gasteiger partial charge in [-0.3, -0.25) is 14.5 Å². The minimum absolute atomic E-state index is 0.194. The maximum Gasteiger partial charge on any atom is 0.293 e. The van der Waals surface area contributed by atoms with Crippen LogP contribution in [-0.2, 0) is 11.3 Å². The van der Waals surface area contributed by atoms with E-state index in [4.69, 9.17) is 21.1 Å². The van der Waals surface area contributed by atoms with Crippen LogP contribution in [-0.4, -0.2) is 30.3 Å². The number of nitrogens with zero attached hydrogens (tertiary/aromatic N) is 1. The fraction of sp³-hybridized carbons (Fsp3) is 0.130. The largest absolute Gasteiger partial charge is 0.497 e. The lowest BCUT2D eigenvalue weighted by molar-refractivity contribution is -0.123. The minimum atomic E-state index is -0.332. The van der Waals surface area contributed by atoms with Crippen LogP contribution < -0.4 is 9.47 Å². The number of carbonyl (C=O) groups is 2. The first-order chi connectivity index (χ1) is 14.5. The van der Waals surface area contributed by atoms with Gasteiger partial charge in [0.2, 0.25) is 0 Å². The van der Waals surface area contributed by atoms with E-state index in [1.807, 2.05) is 30.3 Å². The van der Waals surface area contributed by atoms with Gasteiger partial charge in [0.25, 0.3) is 11.1 Å². The number of carbonyl (C=O) groups excluding carboxylic acids is 2. The summed E-state index contributed by atoms with van der Waals surface area (Å²) in [5, 5.41) is 2.14. The molecule has 1 fully saturated rings. The number of hydrogen-bond donors (Lipinski definition) is 0. The van der Waals surface area contributed by atoms with Gasteiger partial charge in [-0.25, -0.2) is 0 Å². The number of amides is 2. The molecular weight excluding hydrogens is 422 g/mol. The molecule has 3 aromatic rings. The molecule has 0 radical (unpaired) electrons. The molecule has 0 unspecified atom stereocenters. The summed E-state index contributed by atoms with van der Waals surface area (Å²) >= 11 is 6.84. The van der Waals surface area contributed by atoms with Crippen LogP contribution in [0.4, 0.5) is 4.79 Å². The lowest BCUT2D eigenvalue weighted by atomic mass is 10.0. The van der Waals surface area contributed by atoms with Crippen molar-refractivity contribution in [2.24, 2.45) is 0 Å². The van der Waals surface area contributed by atoms with Crippen molar-refractivity contribution < 1.29 is 19.1 Å². The number of ether oxygens (including phenoxy) is 2. The van der Waals surface area contributed by atoms with Gasteiger partial charge in [0.1, 0.15) is 11.5 Å². The van der Waals surface area contributed by atoms with Crippen molar-refractivity contribution in [3.63, 3.8) is 0 Å². The second-order valence-corrected chi connectivity index (χ2v) is 8.09. The third kappa shape index (κ3) is 3.88. The zero-order valence-corrected chi connectivity index (χ0v) is 17.9. The molecule has 1 saturated heterocycles. The van der Waals surface area contributed by atoms with Crippen LogP contribution in [0.3, 0.4) is 0 Å². The Morgan fingerprint density at radius 2 is 1.73 bits per heavy atom. The smallest absolute Gasteiger partial charge is 0.293 e. The predicted molar refractivity (Wildman–Crippen MR) is 120 cm³/mol. The zero-order chi connectivity index (χ0) is 21.3. The number of imide groups is 1. The van der Waals surface area contributed by atoms with Crippen molar-refractivity contribution in [3.05, 3.63) is 75.7 Å². The highest BCUT2D eigenvalue weighted by molar-refractivity contribution is 8.18. The Labute approximate surface area is 183 Å². The highest BCUT2D eigenvalue weighted by Crippen LogP contribution is 2.38. The van der Waals surface area contributed by atoms with Crippen LogP contribution in [0, 0.1) is 0 Å². The Bertz CT molecular complexity index is 1170. The second kappa shape index (κ2) is 8.42. The topological polar surface area (TPSA) is 55.8 Å². The van der Waals surface area contributed by atoms with Crippen LogP contribution >= 0.6 is 23.4 Å². The van der Waals surface area contributed by atoms with Crippen molar-refractivity contribution >= 4 is 51.4 Å². The van der Waals surface area contributed by atoms with Crippen molar-refractivity contribution in [2.75, 3.05) is 14.2 Å². The summed E-state index contributed by atoms with van der Waals surface area (Å²) in [6.07, 6.45) is 1.72. The van der Waals surface area contributed by atoms with Gasteiger partial charge >= 0.3 is 0 Å². The molecule has 1 aliphatic rings. The van der Waals surface area contributed by atoms with Crippen molar-refractivity contribution in [1.29, 1.82) is 0 Å². The van der Waals surface area contributed by atoms with Crippen molar-refractivity contribution in [3.8, 4) is 11.5 Å². The molecule has 152 valence electrons. The van der Waals surface area contributed by atoms with Crippen LogP contribution in [0.15, 0.2) is 59.5 Å². The molecule has 30 heavy (non-hydrogen) atoms. The maximum atomic E-state index is 13.0. The van der Waals surface area contributed by atoms with Crippen molar-refractivity contribution in [2.45, 2.75) is 6.54 Å². The van der Waals surface area contributed by atoms with Gasteiger partial charge in [0, 0.05) is 10.6 Å². The van der Waals surface area contributed by atoms with Gasteiger partial charge in [-0.2, -0.15) is 0 Å². The van der Waals surface area contributed by atoms with E-state index in [0.717, 1.165) is 33.7 Å². The van der Waals surface area contributed by atoms with E-state index >= 15 is 0 Å². The molecule has 0 spiro atoms. The average Bonchev–Trinajstić information content (AvgIpc) is 3.02. The summed E-state index contributed by atoms with van der Waals surface area (Å²) in [5.74, 6) is 0.975. The fourth-order valence-electron chi connectivity index (χ4n) is 3.30. The van der Waals surface area contributed by atoms with Crippen LogP contribution in [0.5, 0.6) is 11.5 Å². The van der Waals surface area contributed by atoms with Crippen molar-refractivity contribution in [1.82, 2.24) is 4.90 Å². The summed E-state index contributed by atoms with van der Waals surface area (Å²) in [6, 6.07) is 16.6. The molecule has 0 saturated carbocycles. The summed E-state index contributed by atoms with van der Waals surface area (Å²) in [7, 11) is 3.17. The first-order valence-electron chi connectivity index (χ1n) is 9.14. The molecule has 0 aromatic heterocycles. The van der Waals surface area contributed by atoms with E-state index < -0.39 is 0 Å². The van der Waals surface area contributed by atoms with E-state index in [1.165, 1.54) is 4.90 Å². The summed E-state index contributed by atoms with van der Waals surface area (Å²) in [4.78, 5) is 27.1. The predicted octanol–water partition coefficient (Wildman–Crippen LogP) is 5.75. The van der Waals surface area contributed by atoms with Gasteiger partial charge in [-0.05, 0) is 64.5 Å². The zero-order valence-electron chi connectivity index (χ0n) is 16.3. The molecular formula is C23H18ClNO4S. The molecule has 7 heteroatoms. The number of hydrogen-bond acceptors (Lipinski definition) is 5. The number of halogens is 1. The first kappa shape index (κ1) is 20.3.